The molecular formula is C29H39BF3N5O4. The first kappa shape index (κ1) is 33.2. The predicted molar refractivity (Wildman–Crippen MR) is 155 cm³/mol. The quantitative estimate of drug-likeness (QED) is 0.228. The summed E-state index contributed by atoms with van der Waals surface area (Å²) in [6.45, 7) is 1.64. The maximum Gasteiger partial charge on any atom is 0.416 e. The second kappa shape index (κ2) is 14.8. The van der Waals surface area contributed by atoms with Crippen LogP contribution in [0.5, 0.6) is 0 Å². The highest BCUT2D eigenvalue weighted by Crippen LogP contribution is 2.29. The van der Waals surface area contributed by atoms with E-state index in [1.807, 2.05) is 0 Å². The van der Waals surface area contributed by atoms with Crippen LogP contribution in [0, 0.1) is 0 Å². The van der Waals surface area contributed by atoms with E-state index < -0.39 is 36.6 Å². The zero-order valence-corrected chi connectivity index (χ0v) is 23.6. The van der Waals surface area contributed by atoms with E-state index in [9.17, 15) is 32.6 Å². The number of benzene rings is 2. The third kappa shape index (κ3) is 9.93. The average Bonchev–Trinajstić information content (AvgIpc) is 2.92. The number of halogens is 3. The highest BCUT2D eigenvalue weighted by molar-refractivity contribution is 6.64. The number of carbonyl (C=O) groups is 3. The number of piperidine rings is 1. The fraction of sp³-hybridized carbons (Fsp3) is 0.483. The lowest BCUT2D eigenvalue weighted by molar-refractivity contribution is -0.137. The van der Waals surface area contributed by atoms with Gasteiger partial charge in [-0.3, -0.25) is 14.4 Å². The van der Waals surface area contributed by atoms with Gasteiger partial charge in [0.05, 0.1) is 17.6 Å². The molecule has 0 unspecified atom stereocenters. The van der Waals surface area contributed by atoms with E-state index in [0.29, 0.717) is 36.1 Å². The number of likely N-dealkylation sites (tertiary alicyclic amines) is 1. The molecule has 2 aromatic carbocycles. The molecule has 0 spiro atoms. The van der Waals surface area contributed by atoms with E-state index in [0.717, 1.165) is 12.1 Å². The molecule has 42 heavy (non-hydrogen) atoms. The Morgan fingerprint density at radius 2 is 1.69 bits per heavy atom. The van der Waals surface area contributed by atoms with Crippen LogP contribution in [0.25, 0.3) is 0 Å². The number of nitrogens with zero attached hydrogens (tertiary/aromatic N) is 1. The van der Waals surface area contributed by atoms with Crippen molar-refractivity contribution in [2.24, 2.45) is 17.2 Å². The van der Waals surface area contributed by atoms with Gasteiger partial charge < -0.3 is 32.4 Å². The molecular weight excluding hydrogens is 550 g/mol. The summed E-state index contributed by atoms with van der Waals surface area (Å²) in [6, 6.07) is 9.03. The fourth-order valence-electron chi connectivity index (χ4n) is 5.00. The molecule has 2 aromatic rings. The van der Waals surface area contributed by atoms with Gasteiger partial charge in [0.1, 0.15) is 0 Å². The second-order valence-electron chi connectivity index (χ2n) is 11.1. The van der Waals surface area contributed by atoms with Crippen LogP contribution in [0.4, 0.5) is 13.2 Å². The minimum Gasteiger partial charge on any atom is -0.447 e. The number of hydrogen-bond donors (Lipinski definition) is 5. The van der Waals surface area contributed by atoms with Crippen LogP contribution in [0.1, 0.15) is 42.4 Å². The summed E-state index contributed by atoms with van der Waals surface area (Å²) < 4.78 is 38.8. The van der Waals surface area contributed by atoms with Crippen molar-refractivity contribution < 1.29 is 32.6 Å². The average molecular weight is 589 g/mol. The zero-order chi connectivity index (χ0) is 31.0. The zero-order valence-electron chi connectivity index (χ0n) is 23.6. The molecule has 9 nitrogen and oxygen atoms in total. The van der Waals surface area contributed by atoms with E-state index in [2.05, 4.69) is 5.32 Å². The SMILES string of the molecule is CB(O)c1cccc(CC(=O)[C@@H](CCc2ccc(C(F)(F)F)cc2)NC(=O)[C@@H](N)CCC(=O)N2C[C@H](N)C[C@H](N)C2)c1. The molecule has 13 heteroatoms. The van der Waals surface area contributed by atoms with Crippen LogP contribution in [0.15, 0.2) is 48.5 Å². The molecule has 0 saturated carbocycles. The first-order valence-electron chi connectivity index (χ1n) is 14.0. The fourth-order valence-corrected chi connectivity index (χ4v) is 5.00. The van der Waals surface area contributed by atoms with Crippen molar-refractivity contribution in [1.29, 1.82) is 0 Å². The van der Waals surface area contributed by atoms with E-state index in [-0.39, 0.29) is 55.9 Å². The number of aryl methyl sites for hydroxylation is 1. The topological polar surface area (TPSA) is 165 Å². The summed E-state index contributed by atoms with van der Waals surface area (Å²) >= 11 is 0. The maximum absolute atomic E-state index is 13.3. The third-order valence-corrected chi connectivity index (χ3v) is 7.39. The Bertz CT molecular complexity index is 1220. The minimum absolute atomic E-state index is 0.00430. The lowest BCUT2D eigenvalue weighted by Crippen LogP contribution is -2.54. The van der Waals surface area contributed by atoms with Gasteiger partial charge in [0.2, 0.25) is 11.8 Å². The Labute approximate surface area is 244 Å². The summed E-state index contributed by atoms with van der Waals surface area (Å²) in [5.41, 5.74) is 19.1. The Morgan fingerprint density at radius 1 is 1.05 bits per heavy atom. The van der Waals surface area contributed by atoms with Gasteiger partial charge >= 0.3 is 13.1 Å². The molecule has 3 rings (SSSR count). The van der Waals surface area contributed by atoms with Crippen LogP contribution in [-0.4, -0.2) is 71.7 Å². The van der Waals surface area contributed by atoms with Gasteiger partial charge in [-0.15, -0.1) is 0 Å². The van der Waals surface area contributed by atoms with Crippen molar-refractivity contribution in [1.82, 2.24) is 10.2 Å². The van der Waals surface area contributed by atoms with Crippen molar-refractivity contribution >= 4 is 30.0 Å². The lowest BCUT2D eigenvalue weighted by atomic mass is 9.64. The molecule has 1 heterocycles. The lowest BCUT2D eigenvalue weighted by Gasteiger charge is -2.34. The van der Waals surface area contributed by atoms with Crippen LogP contribution >= 0.6 is 0 Å². The summed E-state index contributed by atoms with van der Waals surface area (Å²) in [5.74, 6) is -1.15. The highest BCUT2D eigenvalue weighted by Gasteiger charge is 2.31. The molecule has 228 valence electrons. The van der Waals surface area contributed by atoms with E-state index in [4.69, 9.17) is 17.2 Å². The standard InChI is InChI=1S/C29H39BF3N5O4/c1-30(42)21-4-2-3-19(13-21)14-26(39)25(11-7-18-5-8-20(9-6-18)29(31,32)33)37-28(41)24(36)10-12-27(40)38-16-22(34)15-23(35)17-38/h2-6,8-9,13,22-25,42H,7,10-12,14-17,34-36H2,1H3,(H,37,41)/t22-,23+,24-,25+/m0/s1. The summed E-state index contributed by atoms with van der Waals surface area (Å²) in [4.78, 5) is 40.6. The Balaban J connectivity index is 1.66. The van der Waals surface area contributed by atoms with Crippen LogP contribution in [0.3, 0.4) is 0 Å². The van der Waals surface area contributed by atoms with Gasteiger partial charge in [-0.1, -0.05) is 43.2 Å². The van der Waals surface area contributed by atoms with Gasteiger partial charge in [-0.2, -0.15) is 13.2 Å². The van der Waals surface area contributed by atoms with Crippen LogP contribution in [-0.2, 0) is 33.4 Å². The molecule has 2 amide bonds. The molecule has 1 fully saturated rings. The van der Waals surface area contributed by atoms with Gasteiger partial charge in [0.25, 0.3) is 0 Å². The number of alkyl halides is 3. The number of carbonyl (C=O) groups excluding carboxylic acids is 3. The molecule has 1 aliphatic rings. The van der Waals surface area contributed by atoms with Crippen LogP contribution in [0.2, 0.25) is 6.82 Å². The highest BCUT2D eigenvalue weighted by atomic mass is 19.4. The van der Waals surface area contributed by atoms with Crippen molar-refractivity contribution in [2.75, 3.05) is 13.1 Å². The molecule has 8 N–H and O–H groups in total. The minimum atomic E-state index is -4.46. The normalized spacial score (nSPS) is 18.7. The molecule has 0 aromatic heterocycles. The largest absolute Gasteiger partial charge is 0.447 e. The molecule has 0 aliphatic carbocycles. The first-order valence-corrected chi connectivity index (χ1v) is 14.0. The number of amides is 2. The summed E-state index contributed by atoms with van der Waals surface area (Å²) in [6.07, 6.45) is -3.48. The molecule has 0 radical (unpaired) electrons. The molecule has 1 saturated heterocycles. The number of ketones is 1. The smallest absolute Gasteiger partial charge is 0.416 e. The summed E-state index contributed by atoms with van der Waals surface area (Å²) in [5, 5.41) is 12.6. The maximum atomic E-state index is 13.3. The third-order valence-electron chi connectivity index (χ3n) is 7.39. The van der Waals surface area contributed by atoms with Crippen molar-refractivity contribution in [3.8, 4) is 0 Å². The van der Waals surface area contributed by atoms with Crippen LogP contribution < -0.4 is 28.0 Å². The van der Waals surface area contributed by atoms with Crippen molar-refractivity contribution in [3.63, 3.8) is 0 Å². The number of Topliss-reactive ketones (excluding diaryl/α,β-unsaturated/α-hetero) is 1. The number of nitrogens with two attached hydrogens (primary N) is 3. The monoisotopic (exact) mass is 589 g/mol. The Kier molecular flexibility index (Phi) is 11.7. The summed E-state index contributed by atoms with van der Waals surface area (Å²) in [7, 11) is 0. The van der Waals surface area contributed by atoms with E-state index in [1.165, 1.54) is 12.1 Å². The van der Waals surface area contributed by atoms with Crippen molar-refractivity contribution in [2.45, 2.75) is 75.7 Å². The van der Waals surface area contributed by atoms with E-state index >= 15 is 0 Å². The molecule has 0 bridgehead atoms. The second-order valence-corrected chi connectivity index (χ2v) is 11.1. The Morgan fingerprint density at radius 3 is 2.29 bits per heavy atom. The molecule has 1 aliphatic heterocycles. The molecule has 4 atom stereocenters. The van der Waals surface area contributed by atoms with Crippen molar-refractivity contribution in [3.05, 3.63) is 65.2 Å². The van der Waals surface area contributed by atoms with Gasteiger partial charge in [-0.05, 0) is 54.4 Å². The Hall–Kier alpha value is -3.26. The predicted octanol–water partition coefficient (Wildman–Crippen LogP) is 0.750. The van der Waals surface area contributed by atoms with Gasteiger partial charge in [0, 0.05) is 38.0 Å². The first-order chi connectivity index (χ1) is 19.7. The van der Waals surface area contributed by atoms with Gasteiger partial charge in [0.15, 0.2) is 5.78 Å². The van der Waals surface area contributed by atoms with Gasteiger partial charge in [-0.25, -0.2) is 0 Å². The van der Waals surface area contributed by atoms with E-state index in [1.54, 1.807) is 36.0 Å². The number of rotatable bonds is 12. The number of hydrogen-bond acceptors (Lipinski definition) is 7. The number of nitrogens with one attached hydrogen (secondary N) is 1.